The van der Waals surface area contributed by atoms with E-state index < -0.39 is 57.8 Å². The predicted molar refractivity (Wildman–Crippen MR) is 316 cm³/mol. The van der Waals surface area contributed by atoms with Gasteiger partial charge < -0.3 is 24.2 Å². The Hall–Kier alpha value is -4.38. The molecule has 12 heteroatoms. The Balaban J connectivity index is 4.84. The Morgan fingerprint density at radius 3 is 1.07 bits per heavy atom. The van der Waals surface area contributed by atoms with Crippen LogP contribution in [0, 0.1) is 0 Å². The third kappa shape index (κ3) is 54.4. The van der Waals surface area contributed by atoms with Crippen molar-refractivity contribution in [1.29, 1.82) is 0 Å². The van der Waals surface area contributed by atoms with Gasteiger partial charge in [-0.15, -0.1) is 0 Å². The fourth-order valence-electron chi connectivity index (χ4n) is 7.26. The number of rotatable bonds is 52. The molecular formula is C64H103O11P. The number of carbonyl (C=O) groups is 3. The summed E-state index contributed by atoms with van der Waals surface area (Å²) in [5, 5.41) is 9.80. The number of carbonyl (C=O) groups excluding carboxylic acids is 3. The minimum Gasteiger partial charge on any atom is -0.462 e. The molecule has 0 saturated carbocycles. The van der Waals surface area contributed by atoms with Crippen LogP contribution in [0.5, 0.6) is 0 Å². The molecule has 3 unspecified atom stereocenters. The maximum absolute atomic E-state index is 12.9. The van der Waals surface area contributed by atoms with Crippen molar-refractivity contribution >= 4 is 25.7 Å². The SMILES string of the molecule is CC/C=C\C/C=C\C/C=C\C/C=C\CCCCCCCCC(=O)OC(COC(=O)CCCCCCCCC/C=C\C/C=C\C/C=C\CC)COP(=O)(O)OCC(CO)OC(=O)CC/C=C\C/C=C\C/C=C\C/C=C\CC. The van der Waals surface area contributed by atoms with Crippen LogP contribution in [0.3, 0.4) is 0 Å². The van der Waals surface area contributed by atoms with Gasteiger partial charge in [-0.1, -0.05) is 212 Å². The maximum Gasteiger partial charge on any atom is 0.472 e. The smallest absolute Gasteiger partial charge is 0.462 e. The highest BCUT2D eigenvalue weighted by molar-refractivity contribution is 7.47. The molecule has 0 aliphatic heterocycles. The largest absolute Gasteiger partial charge is 0.472 e. The Morgan fingerprint density at radius 2 is 0.671 bits per heavy atom. The van der Waals surface area contributed by atoms with E-state index in [2.05, 4.69) is 136 Å². The van der Waals surface area contributed by atoms with Crippen LogP contribution < -0.4 is 0 Å². The quantitative estimate of drug-likeness (QED) is 0.0197. The van der Waals surface area contributed by atoms with E-state index in [0.717, 1.165) is 141 Å². The lowest BCUT2D eigenvalue weighted by atomic mass is 10.1. The summed E-state index contributed by atoms with van der Waals surface area (Å²) in [7, 11) is -4.78. The molecule has 0 spiro atoms. The van der Waals surface area contributed by atoms with Gasteiger partial charge in [-0.2, -0.15) is 0 Å². The van der Waals surface area contributed by atoms with Crippen LogP contribution in [-0.4, -0.2) is 66.5 Å². The first-order valence-corrected chi connectivity index (χ1v) is 30.6. The zero-order chi connectivity index (χ0) is 55.5. The Labute approximate surface area is 461 Å². The molecule has 2 N–H and O–H groups in total. The second kappa shape index (κ2) is 56.8. The van der Waals surface area contributed by atoms with Crippen LogP contribution in [0.2, 0.25) is 0 Å². The van der Waals surface area contributed by atoms with Gasteiger partial charge in [0.2, 0.25) is 0 Å². The number of aliphatic hydroxyl groups excluding tert-OH is 1. The minimum atomic E-state index is -4.78. The lowest BCUT2D eigenvalue weighted by Gasteiger charge is -2.21. The number of aliphatic hydroxyl groups is 1. The topological polar surface area (TPSA) is 155 Å². The van der Waals surface area contributed by atoms with Crippen molar-refractivity contribution < 1.29 is 52.2 Å². The number of phosphoric acid groups is 1. The van der Waals surface area contributed by atoms with E-state index in [-0.39, 0.29) is 25.9 Å². The number of esters is 3. The van der Waals surface area contributed by atoms with Crippen LogP contribution in [0.25, 0.3) is 0 Å². The third-order valence-electron chi connectivity index (χ3n) is 11.6. The fourth-order valence-corrected chi connectivity index (χ4v) is 8.04. The highest BCUT2D eigenvalue weighted by atomic mass is 31.2. The average Bonchev–Trinajstić information content (AvgIpc) is 3.41. The normalized spacial score (nSPS) is 14.3. The first kappa shape index (κ1) is 71.6. The highest BCUT2D eigenvalue weighted by Crippen LogP contribution is 2.43. The van der Waals surface area contributed by atoms with Crippen LogP contribution >= 0.6 is 7.82 Å². The van der Waals surface area contributed by atoms with Crippen molar-refractivity contribution in [2.75, 3.05) is 26.4 Å². The van der Waals surface area contributed by atoms with Gasteiger partial charge in [0, 0.05) is 19.3 Å². The van der Waals surface area contributed by atoms with Gasteiger partial charge in [0.1, 0.15) is 12.7 Å². The van der Waals surface area contributed by atoms with E-state index in [9.17, 15) is 28.9 Å². The zero-order valence-corrected chi connectivity index (χ0v) is 48.3. The minimum absolute atomic E-state index is 0.0477. The Morgan fingerprint density at radius 1 is 0.368 bits per heavy atom. The van der Waals surface area contributed by atoms with E-state index in [4.69, 9.17) is 23.3 Å². The van der Waals surface area contributed by atoms with E-state index in [0.29, 0.717) is 19.3 Å². The van der Waals surface area contributed by atoms with Crippen LogP contribution in [-0.2, 0) is 42.2 Å². The number of unbranched alkanes of at least 4 members (excludes halogenated alkanes) is 13. The molecule has 430 valence electrons. The number of phosphoric ester groups is 1. The summed E-state index contributed by atoms with van der Waals surface area (Å²) in [5.41, 5.74) is 0. The van der Waals surface area contributed by atoms with Crippen molar-refractivity contribution in [2.24, 2.45) is 0 Å². The van der Waals surface area contributed by atoms with E-state index in [1.165, 1.54) is 12.8 Å². The molecule has 0 saturated heterocycles. The van der Waals surface area contributed by atoms with Gasteiger partial charge in [0.25, 0.3) is 0 Å². The van der Waals surface area contributed by atoms with Crippen LogP contribution in [0.1, 0.15) is 213 Å². The standard InChI is InChI=1S/C64H103O11P/c1-4-7-10-13-16-19-22-25-27-29-30-32-34-37-40-43-46-49-52-55-64(68)75-61(57-71-62(66)53-50-47-44-41-38-36-33-31-28-26-23-20-17-14-11-8-5-2)59-73-76(69,70)72-58-60(56-65)74-63(67)54-51-48-45-42-39-35-24-21-18-15-12-9-6-3/h7-12,16-21,25-28,30,32,35,39,45,48,60-61,65H,4-6,13-15,22-24,29,31,33-34,36-38,40-44,46-47,49-59H2,1-3H3,(H,69,70)/b10-7-,11-8-,12-9-,19-16-,20-17-,21-18-,27-25-,28-26-,32-30-,39-35-,48-45-. The molecule has 76 heavy (non-hydrogen) atoms. The monoisotopic (exact) mass is 1080 g/mol. The molecule has 0 heterocycles. The molecule has 0 aromatic carbocycles. The van der Waals surface area contributed by atoms with Crippen LogP contribution in [0.15, 0.2) is 134 Å². The molecule has 11 nitrogen and oxygen atoms in total. The number of hydrogen-bond donors (Lipinski definition) is 2. The molecule has 0 rings (SSSR count). The molecule has 3 atom stereocenters. The molecule has 0 aromatic heterocycles. The lowest BCUT2D eigenvalue weighted by Crippen LogP contribution is -2.30. The summed E-state index contributed by atoms with van der Waals surface area (Å²) >= 11 is 0. The van der Waals surface area contributed by atoms with Gasteiger partial charge in [0.05, 0.1) is 19.8 Å². The Kier molecular flexibility index (Phi) is 53.5. The Bertz CT molecular complexity index is 1780. The number of ether oxygens (including phenoxy) is 3. The maximum atomic E-state index is 12.9. The van der Waals surface area contributed by atoms with Crippen LogP contribution in [0.4, 0.5) is 0 Å². The zero-order valence-electron chi connectivity index (χ0n) is 47.4. The molecule has 0 fully saturated rings. The summed E-state index contributed by atoms with van der Waals surface area (Å²) in [6, 6.07) is 0. The van der Waals surface area contributed by atoms with Crippen molar-refractivity contribution in [3.63, 3.8) is 0 Å². The van der Waals surface area contributed by atoms with Crippen molar-refractivity contribution in [2.45, 2.75) is 226 Å². The molecule has 0 amide bonds. The summed E-state index contributed by atoms with van der Waals surface area (Å²) in [5.74, 6) is -1.59. The molecule has 0 radical (unpaired) electrons. The summed E-state index contributed by atoms with van der Waals surface area (Å²) < 4.78 is 39.4. The number of hydrogen-bond acceptors (Lipinski definition) is 10. The van der Waals surface area contributed by atoms with Crippen molar-refractivity contribution in [1.82, 2.24) is 0 Å². The molecule has 0 aliphatic carbocycles. The fraction of sp³-hybridized carbons (Fsp3) is 0.609. The van der Waals surface area contributed by atoms with E-state index in [1.807, 2.05) is 18.2 Å². The highest BCUT2D eigenvalue weighted by Gasteiger charge is 2.28. The molecule has 0 aromatic rings. The number of allylic oxidation sites excluding steroid dienone is 22. The van der Waals surface area contributed by atoms with Gasteiger partial charge in [-0.3, -0.25) is 23.4 Å². The second-order valence-corrected chi connectivity index (χ2v) is 20.1. The predicted octanol–water partition coefficient (Wildman–Crippen LogP) is 17.4. The second-order valence-electron chi connectivity index (χ2n) is 18.7. The average molecular weight is 1080 g/mol. The molecule has 0 bridgehead atoms. The molecular weight excluding hydrogens is 976 g/mol. The lowest BCUT2D eigenvalue weighted by molar-refractivity contribution is -0.161. The van der Waals surface area contributed by atoms with Gasteiger partial charge >= 0.3 is 25.7 Å². The summed E-state index contributed by atoms with van der Waals surface area (Å²) in [6.45, 7) is 4.18. The van der Waals surface area contributed by atoms with E-state index in [1.54, 1.807) is 0 Å². The summed E-state index contributed by atoms with van der Waals surface area (Å²) in [4.78, 5) is 48.5. The molecule has 0 aliphatic rings. The first-order chi connectivity index (χ1) is 37.2. The van der Waals surface area contributed by atoms with Crippen molar-refractivity contribution in [3.8, 4) is 0 Å². The van der Waals surface area contributed by atoms with Gasteiger partial charge in [-0.25, -0.2) is 4.57 Å². The van der Waals surface area contributed by atoms with Gasteiger partial charge in [0.15, 0.2) is 6.10 Å². The first-order valence-electron chi connectivity index (χ1n) is 29.1. The van der Waals surface area contributed by atoms with Gasteiger partial charge in [-0.05, 0) is 116 Å². The van der Waals surface area contributed by atoms with E-state index >= 15 is 0 Å². The van der Waals surface area contributed by atoms with Crippen molar-refractivity contribution in [3.05, 3.63) is 134 Å². The third-order valence-corrected chi connectivity index (χ3v) is 12.5. The summed E-state index contributed by atoms with van der Waals surface area (Å²) in [6.07, 6.45) is 71.4.